The average molecular weight is 409 g/mol. The van der Waals surface area contributed by atoms with Crippen LogP contribution in [-0.4, -0.2) is 30.1 Å². The summed E-state index contributed by atoms with van der Waals surface area (Å²) < 4.78 is 0. The molecule has 3 heterocycles. The maximum absolute atomic E-state index is 6.46. The summed E-state index contributed by atoms with van der Waals surface area (Å²) in [5, 5.41) is 14.6. The quantitative estimate of drug-likeness (QED) is 0.367. The van der Waals surface area contributed by atoms with Crippen molar-refractivity contribution in [3.8, 4) is 0 Å². The molecular weight excluding hydrogens is 388 g/mol. The van der Waals surface area contributed by atoms with E-state index in [1.165, 1.54) is 31.4 Å². The molecule has 4 N–H and O–H groups in total. The van der Waals surface area contributed by atoms with Gasteiger partial charge in [-0.15, -0.1) is 0 Å². The number of aromatic nitrogens is 6. The van der Waals surface area contributed by atoms with Crippen molar-refractivity contribution < 1.29 is 0 Å². The minimum atomic E-state index is 0.499. The fourth-order valence-corrected chi connectivity index (χ4v) is 4.10. The number of hydrogen-bond acceptors (Lipinski definition) is 6. The van der Waals surface area contributed by atoms with Crippen LogP contribution in [0, 0.1) is 0 Å². The van der Waals surface area contributed by atoms with E-state index < -0.39 is 0 Å². The van der Waals surface area contributed by atoms with Gasteiger partial charge in [-0.2, -0.15) is 10.1 Å². The second-order valence-corrected chi connectivity index (χ2v) is 7.65. The lowest BCUT2D eigenvalue weighted by Crippen LogP contribution is -2.05. The van der Waals surface area contributed by atoms with Crippen molar-refractivity contribution in [2.75, 3.05) is 10.6 Å². The monoisotopic (exact) mass is 408 g/mol. The van der Waals surface area contributed by atoms with Crippen LogP contribution in [0.5, 0.6) is 0 Å². The molecule has 0 saturated heterocycles. The molecule has 1 aromatic carbocycles. The molecule has 4 aromatic rings. The molecule has 8 nitrogen and oxygen atoms in total. The van der Waals surface area contributed by atoms with Crippen LogP contribution in [0.25, 0.3) is 11.0 Å². The normalized spacial score (nSPS) is 14.5. The van der Waals surface area contributed by atoms with Gasteiger partial charge in [0, 0.05) is 30.4 Å². The third kappa shape index (κ3) is 3.75. The third-order valence-corrected chi connectivity index (χ3v) is 5.77. The van der Waals surface area contributed by atoms with Crippen LogP contribution in [0.15, 0.2) is 36.8 Å². The Bertz CT molecular complexity index is 1130. The van der Waals surface area contributed by atoms with Crippen LogP contribution in [0.4, 0.5) is 17.6 Å². The van der Waals surface area contributed by atoms with E-state index in [4.69, 9.17) is 11.6 Å². The van der Waals surface area contributed by atoms with E-state index in [9.17, 15) is 0 Å². The molecule has 0 unspecified atom stereocenters. The number of nitrogens with one attached hydrogen (secondary N) is 4. The number of H-pyrrole nitrogens is 2. The Labute approximate surface area is 172 Å². The van der Waals surface area contributed by atoms with Crippen molar-refractivity contribution in [2.24, 2.45) is 0 Å². The Balaban J connectivity index is 1.26. The van der Waals surface area contributed by atoms with Gasteiger partial charge in [0.1, 0.15) is 11.3 Å². The van der Waals surface area contributed by atoms with Gasteiger partial charge in [-0.25, -0.2) is 9.97 Å². The number of aromatic amines is 2. The fourth-order valence-electron chi connectivity index (χ4n) is 3.82. The molecule has 0 amide bonds. The zero-order valence-electron chi connectivity index (χ0n) is 15.7. The maximum atomic E-state index is 6.46. The second-order valence-electron chi connectivity index (χ2n) is 7.27. The molecule has 1 fully saturated rings. The highest BCUT2D eigenvalue weighted by Crippen LogP contribution is 2.34. The minimum absolute atomic E-state index is 0.499. The summed E-state index contributed by atoms with van der Waals surface area (Å²) in [6.07, 6.45) is 8.40. The van der Waals surface area contributed by atoms with Crippen LogP contribution in [0.1, 0.15) is 42.9 Å². The largest absolute Gasteiger partial charge is 0.350 e. The Morgan fingerprint density at radius 1 is 1.10 bits per heavy atom. The van der Waals surface area contributed by atoms with Gasteiger partial charge in [0.25, 0.3) is 0 Å². The summed E-state index contributed by atoms with van der Waals surface area (Å²) in [5.41, 5.74) is 3.80. The van der Waals surface area contributed by atoms with Crippen molar-refractivity contribution in [3.63, 3.8) is 0 Å². The lowest BCUT2D eigenvalue weighted by molar-refractivity contribution is 0.693. The first-order chi connectivity index (χ1) is 14.3. The minimum Gasteiger partial charge on any atom is -0.350 e. The Morgan fingerprint density at radius 2 is 2.00 bits per heavy atom. The molecule has 0 aliphatic heterocycles. The smallest absolute Gasteiger partial charge is 0.224 e. The highest BCUT2D eigenvalue weighted by Gasteiger charge is 2.19. The van der Waals surface area contributed by atoms with Crippen molar-refractivity contribution in [1.29, 1.82) is 0 Å². The number of imidazole rings is 1. The number of benzene rings is 1. The lowest BCUT2D eigenvalue weighted by Gasteiger charge is -2.08. The van der Waals surface area contributed by atoms with Crippen LogP contribution < -0.4 is 10.6 Å². The summed E-state index contributed by atoms with van der Waals surface area (Å²) in [4.78, 5) is 16.1. The molecule has 9 heteroatoms. The molecule has 29 heavy (non-hydrogen) atoms. The van der Waals surface area contributed by atoms with Gasteiger partial charge in [-0.1, -0.05) is 30.5 Å². The van der Waals surface area contributed by atoms with Crippen LogP contribution in [0.2, 0.25) is 5.02 Å². The van der Waals surface area contributed by atoms with E-state index >= 15 is 0 Å². The fraction of sp³-hybridized carbons (Fsp3) is 0.300. The average Bonchev–Trinajstić information content (AvgIpc) is 3.49. The highest BCUT2D eigenvalue weighted by molar-refractivity contribution is 6.35. The van der Waals surface area contributed by atoms with E-state index in [2.05, 4.69) is 46.8 Å². The van der Waals surface area contributed by atoms with Crippen LogP contribution in [0.3, 0.4) is 0 Å². The zero-order chi connectivity index (χ0) is 19.6. The van der Waals surface area contributed by atoms with Gasteiger partial charge >= 0.3 is 0 Å². The highest BCUT2D eigenvalue weighted by atomic mass is 35.5. The lowest BCUT2D eigenvalue weighted by atomic mass is 10.0. The van der Waals surface area contributed by atoms with Gasteiger partial charge in [0.2, 0.25) is 5.95 Å². The maximum Gasteiger partial charge on any atom is 0.224 e. The molecule has 0 spiro atoms. The molecule has 1 aliphatic rings. The molecule has 148 valence electrons. The summed E-state index contributed by atoms with van der Waals surface area (Å²) in [6.45, 7) is 0.499. The first kappa shape index (κ1) is 17.9. The van der Waals surface area contributed by atoms with E-state index in [0.29, 0.717) is 29.3 Å². The van der Waals surface area contributed by atoms with Gasteiger partial charge in [-0.05, 0) is 30.5 Å². The van der Waals surface area contributed by atoms with Gasteiger partial charge in [0.15, 0.2) is 5.82 Å². The Hall–Kier alpha value is -3.13. The molecule has 0 radical (unpaired) electrons. The number of hydrogen-bond donors (Lipinski definition) is 4. The SMILES string of the molecule is Clc1c(CNc2nccc(Nc3cc(C4CCCC4)[nH]n3)n2)ccc2[nH]cnc12. The Kier molecular flexibility index (Phi) is 4.77. The number of rotatable bonds is 6. The van der Waals surface area contributed by atoms with Crippen molar-refractivity contribution >= 4 is 40.2 Å². The predicted octanol–water partition coefficient (Wildman–Crippen LogP) is 4.74. The first-order valence-electron chi connectivity index (χ1n) is 9.76. The number of nitrogens with zero attached hydrogens (tertiary/aromatic N) is 4. The van der Waals surface area contributed by atoms with Crippen LogP contribution >= 0.6 is 11.6 Å². The molecule has 0 bridgehead atoms. The number of anilines is 3. The molecule has 5 rings (SSSR count). The molecule has 1 saturated carbocycles. The summed E-state index contributed by atoms with van der Waals surface area (Å²) in [7, 11) is 0. The molecule has 3 aromatic heterocycles. The molecule has 1 aliphatic carbocycles. The second kappa shape index (κ2) is 7.71. The third-order valence-electron chi connectivity index (χ3n) is 5.35. The van der Waals surface area contributed by atoms with Gasteiger partial charge < -0.3 is 15.6 Å². The molecular formula is C20H21ClN8. The first-order valence-corrected chi connectivity index (χ1v) is 10.1. The summed E-state index contributed by atoms with van der Waals surface area (Å²) in [6, 6.07) is 7.82. The van der Waals surface area contributed by atoms with E-state index in [0.717, 1.165) is 22.4 Å². The Morgan fingerprint density at radius 3 is 2.90 bits per heavy atom. The van der Waals surface area contributed by atoms with Crippen molar-refractivity contribution in [1.82, 2.24) is 30.1 Å². The van der Waals surface area contributed by atoms with E-state index in [1.807, 2.05) is 18.2 Å². The van der Waals surface area contributed by atoms with E-state index in [-0.39, 0.29) is 0 Å². The van der Waals surface area contributed by atoms with Crippen molar-refractivity contribution in [3.05, 3.63) is 53.1 Å². The topological polar surface area (TPSA) is 107 Å². The number of halogens is 1. The standard InChI is InChI=1S/C20H21ClN8/c21-18-13(5-6-14-19(18)25-11-24-14)10-23-20-22-8-7-16(27-20)26-17-9-15(28-29-17)12-3-1-2-4-12/h5-9,11-12H,1-4,10H2,(H,24,25)(H3,22,23,26,27,28,29). The predicted molar refractivity (Wildman–Crippen MR) is 114 cm³/mol. The summed E-state index contributed by atoms with van der Waals surface area (Å²) in [5.74, 6) is 2.56. The van der Waals surface area contributed by atoms with Gasteiger partial charge in [0.05, 0.1) is 16.9 Å². The summed E-state index contributed by atoms with van der Waals surface area (Å²) >= 11 is 6.46. The van der Waals surface area contributed by atoms with Crippen LogP contribution in [-0.2, 0) is 6.54 Å². The zero-order valence-corrected chi connectivity index (χ0v) is 16.5. The van der Waals surface area contributed by atoms with Gasteiger partial charge in [-0.3, -0.25) is 5.10 Å². The van der Waals surface area contributed by atoms with Crippen molar-refractivity contribution in [2.45, 2.75) is 38.1 Å². The van der Waals surface area contributed by atoms with E-state index in [1.54, 1.807) is 12.5 Å². The number of fused-ring (bicyclic) bond motifs is 1. The molecule has 0 atom stereocenters.